The molecule has 0 atom stereocenters. The molecular weight excluding hydrogens is 308 g/mol. The summed E-state index contributed by atoms with van der Waals surface area (Å²) in [4.78, 5) is 0. The Kier molecular flexibility index (Phi) is 4.63. The molecule has 0 saturated carbocycles. The number of nitrogens with one attached hydrogen (secondary N) is 1. The molecule has 0 unspecified atom stereocenters. The van der Waals surface area contributed by atoms with Gasteiger partial charge in [0.05, 0.1) is 12.8 Å². The van der Waals surface area contributed by atoms with Crippen molar-refractivity contribution in [1.29, 1.82) is 0 Å². The van der Waals surface area contributed by atoms with Crippen LogP contribution in [0.2, 0.25) is 0 Å². The SMILES string of the molecule is CCOc1cccc(-c2n[nH]c(=S)n2N=Cc2ccccc2)c1. The van der Waals surface area contributed by atoms with Crippen LogP contribution in [0.15, 0.2) is 59.7 Å². The largest absolute Gasteiger partial charge is 0.494 e. The van der Waals surface area contributed by atoms with Crippen molar-refractivity contribution in [2.75, 3.05) is 6.61 Å². The number of hydrogen-bond acceptors (Lipinski definition) is 4. The second-order valence-electron chi connectivity index (χ2n) is 4.78. The number of ether oxygens (including phenoxy) is 1. The van der Waals surface area contributed by atoms with Crippen molar-refractivity contribution < 1.29 is 4.74 Å². The van der Waals surface area contributed by atoms with Crippen LogP contribution in [0.3, 0.4) is 0 Å². The number of H-pyrrole nitrogens is 1. The highest BCUT2D eigenvalue weighted by atomic mass is 32.1. The molecule has 0 aliphatic heterocycles. The summed E-state index contributed by atoms with van der Waals surface area (Å²) in [7, 11) is 0. The highest BCUT2D eigenvalue weighted by Crippen LogP contribution is 2.22. The first-order valence-electron chi connectivity index (χ1n) is 7.28. The third kappa shape index (κ3) is 3.54. The lowest BCUT2D eigenvalue weighted by atomic mass is 10.2. The zero-order chi connectivity index (χ0) is 16.1. The standard InChI is InChI=1S/C17H16N4OS/c1-2-22-15-10-6-9-14(11-15)16-19-20-17(23)21(16)18-12-13-7-4-3-5-8-13/h3-12H,2H2,1H3,(H,20,23). The number of nitrogens with zero attached hydrogens (tertiary/aromatic N) is 3. The number of rotatable bonds is 5. The molecular formula is C17H16N4OS. The van der Waals surface area contributed by atoms with Gasteiger partial charge < -0.3 is 4.74 Å². The zero-order valence-corrected chi connectivity index (χ0v) is 13.5. The second-order valence-corrected chi connectivity index (χ2v) is 5.17. The molecule has 0 amide bonds. The summed E-state index contributed by atoms with van der Waals surface area (Å²) in [5.74, 6) is 1.43. The molecule has 0 radical (unpaired) electrons. The highest BCUT2D eigenvalue weighted by molar-refractivity contribution is 7.71. The average molecular weight is 324 g/mol. The van der Waals surface area contributed by atoms with Crippen molar-refractivity contribution >= 4 is 18.4 Å². The summed E-state index contributed by atoms with van der Waals surface area (Å²) in [6, 6.07) is 17.5. The van der Waals surface area contributed by atoms with Gasteiger partial charge in [-0.05, 0) is 36.8 Å². The van der Waals surface area contributed by atoms with Gasteiger partial charge in [0.1, 0.15) is 5.75 Å². The van der Waals surface area contributed by atoms with Gasteiger partial charge in [-0.25, -0.2) is 5.10 Å². The Morgan fingerprint density at radius 2 is 2.04 bits per heavy atom. The summed E-state index contributed by atoms with van der Waals surface area (Å²) in [6.45, 7) is 2.56. The van der Waals surface area contributed by atoms with Crippen LogP contribution >= 0.6 is 12.2 Å². The topological polar surface area (TPSA) is 55.2 Å². The molecule has 0 saturated heterocycles. The van der Waals surface area contributed by atoms with E-state index in [9.17, 15) is 0 Å². The van der Waals surface area contributed by atoms with E-state index in [1.807, 2.05) is 61.5 Å². The quantitative estimate of drug-likeness (QED) is 0.572. The molecule has 0 bridgehead atoms. The highest BCUT2D eigenvalue weighted by Gasteiger charge is 2.09. The van der Waals surface area contributed by atoms with Gasteiger partial charge >= 0.3 is 0 Å². The Hall–Kier alpha value is -2.73. The Balaban J connectivity index is 1.97. The van der Waals surface area contributed by atoms with Gasteiger partial charge in [0, 0.05) is 5.56 Å². The van der Waals surface area contributed by atoms with Crippen LogP contribution in [0.1, 0.15) is 12.5 Å². The van der Waals surface area contributed by atoms with E-state index >= 15 is 0 Å². The maximum Gasteiger partial charge on any atom is 0.216 e. The summed E-state index contributed by atoms with van der Waals surface area (Å²) in [5.41, 5.74) is 1.87. The molecule has 2 aromatic carbocycles. The predicted molar refractivity (Wildman–Crippen MR) is 93.5 cm³/mol. The summed E-state index contributed by atoms with van der Waals surface area (Å²) < 4.78 is 7.58. The maximum absolute atomic E-state index is 5.53. The van der Waals surface area contributed by atoms with Crippen molar-refractivity contribution in [3.8, 4) is 17.1 Å². The fourth-order valence-corrected chi connectivity index (χ4v) is 2.32. The van der Waals surface area contributed by atoms with Crippen LogP contribution in [0.25, 0.3) is 11.4 Å². The molecule has 0 aliphatic carbocycles. The van der Waals surface area contributed by atoms with E-state index < -0.39 is 0 Å². The molecule has 5 nitrogen and oxygen atoms in total. The van der Waals surface area contributed by atoms with E-state index in [-0.39, 0.29) is 0 Å². The fraction of sp³-hybridized carbons (Fsp3) is 0.118. The minimum Gasteiger partial charge on any atom is -0.494 e. The molecule has 0 fully saturated rings. The molecule has 1 heterocycles. The average Bonchev–Trinajstić information content (AvgIpc) is 2.95. The maximum atomic E-state index is 5.53. The first kappa shape index (κ1) is 15.2. The monoisotopic (exact) mass is 324 g/mol. The first-order chi connectivity index (χ1) is 11.3. The van der Waals surface area contributed by atoms with Crippen LogP contribution in [0.5, 0.6) is 5.75 Å². The van der Waals surface area contributed by atoms with Crippen LogP contribution in [0, 0.1) is 4.77 Å². The Labute approximate surface area is 139 Å². The lowest BCUT2D eigenvalue weighted by Gasteiger charge is -2.05. The van der Waals surface area contributed by atoms with Crippen LogP contribution in [-0.2, 0) is 0 Å². The van der Waals surface area contributed by atoms with Gasteiger partial charge in [-0.3, -0.25) is 0 Å². The summed E-state index contributed by atoms with van der Waals surface area (Å²) >= 11 is 5.27. The molecule has 3 rings (SSSR count). The normalized spacial score (nSPS) is 11.0. The van der Waals surface area contributed by atoms with Crippen molar-refractivity contribution in [3.05, 3.63) is 64.9 Å². The van der Waals surface area contributed by atoms with Gasteiger partial charge in [-0.1, -0.05) is 42.5 Å². The number of hydrogen-bond donors (Lipinski definition) is 1. The van der Waals surface area contributed by atoms with Gasteiger partial charge in [-0.15, -0.1) is 0 Å². The molecule has 0 spiro atoms. The smallest absolute Gasteiger partial charge is 0.216 e. The first-order valence-corrected chi connectivity index (χ1v) is 7.69. The molecule has 6 heteroatoms. The molecule has 1 N–H and O–H groups in total. The molecule has 3 aromatic rings. The lowest BCUT2D eigenvalue weighted by Crippen LogP contribution is -1.96. The molecule has 116 valence electrons. The van der Waals surface area contributed by atoms with Crippen molar-refractivity contribution in [1.82, 2.24) is 14.9 Å². The number of aromatic nitrogens is 3. The van der Waals surface area contributed by atoms with Crippen molar-refractivity contribution in [3.63, 3.8) is 0 Å². The van der Waals surface area contributed by atoms with Crippen LogP contribution in [-0.4, -0.2) is 27.7 Å². The van der Waals surface area contributed by atoms with E-state index in [2.05, 4.69) is 15.3 Å². The van der Waals surface area contributed by atoms with Gasteiger partial charge in [0.2, 0.25) is 4.77 Å². The molecule has 1 aromatic heterocycles. The lowest BCUT2D eigenvalue weighted by molar-refractivity contribution is 0.340. The summed E-state index contributed by atoms with van der Waals surface area (Å²) in [6.07, 6.45) is 1.75. The van der Waals surface area contributed by atoms with Crippen LogP contribution < -0.4 is 4.74 Å². The summed E-state index contributed by atoms with van der Waals surface area (Å²) in [5, 5.41) is 11.5. The predicted octanol–water partition coefficient (Wildman–Crippen LogP) is 3.89. The minimum atomic E-state index is 0.439. The Morgan fingerprint density at radius 3 is 2.83 bits per heavy atom. The van der Waals surface area contributed by atoms with E-state index in [4.69, 9.17) is 17.0 Å². The second kappa shape index (κ2) is 7.02. The third-order valence-corrected chi connectivity index (χ3v) is 3.44. The third-order valence-electron chi connectivity index (χ3n) is 3.18. The molecule has 0 aliphatic rings. The number of aromatic amines is 1. The van der Waals surface area contributed by atoms with Crippen molar-refractivity contribution in [2.24, 2.45) is 5.10 Å². The Bertz CT molecular complexity index is 868. The van der Waals surface area contributed by atoms with Crippen molar-refractivity contribution in [2.45, 2.75) is 6.92 Å². The van der Waals surface area contributed by atoms with E-state index in [1.165, 1.54) is 0 Å². The zero-order valence-electron chi connectivity index (χ0n) is 12.6. The molecule has 23 heavy (non-hydrogen) atoms. The van der Waals surface area contributed by atoms with Gasteiger partial charge in [-0.2, -0.15) is 14.9 Å². The van der Waals surface area contributed by atoms with Gasteiger partial charge in [0.25, 0.3) is 0 Å². The minimum absolute atomic E-state index is 0.439. The number of benzene rings is 2. The fourth-order valence-electron chi connectivity index (χ4n) is 2.14. The van der Waals surface area contributed by atoms with E-state index in [0.29, 0.717) is 17.2 Å². The van der Waals surface area contributed by atoms with E-state index in [0.717, 1.165) is 16.9 Å². The van der Waals surface area contributed by atoms with Gasteiger partial charge in [0.15, 0.2) is 5.82 Å². The van der Waals surface area contributed by atoms with E-state index in [1.54, 1.807) is 10.9 Å². The van der Waals surface area contributed by atoms with Crippen LogP contribution in [0.4, 0.5) is 0 Å². The Morgan fingerprint density at radius 1 is 1.22 bits per heavy atom.